The van der Waals surface area contributed by atoms with Gasteiger partial charge < -0.3 is 15.7 Å². The van der Waals surface area contributed by atoms with E-state index in [0.29, 0.717) is 19.0 Å². The van der Waals surface area contributed by atoms with E-state index < -0.39 is 6.04 Å². The number of carbonyl (C=O) groups is 1. The molecule has 0 aliphatic carbocycles. The Bertz CT molecular complexity index is 454. The van der Waals surface area contributed by atoms with Crippen LogP contribution in [0.5, 0.6) is 0 Å². The quantitative estimate of drug-likeness (QED) is 0.897. The van der Waals surface area contributed by atoms with Crippen molar-refractivity contribution in [2.75, 3.05) is 13.1 Å². The number of piperidine rings is 1. The van der Waals surface area contributed by atoms with E-state index in [9.17, 15) is 9.90 Å². The minimum atomic E-state index is -0.585. The third-order valence-corrected chi connectivity index (χ3v) is 4.24. The van der Waals surface area contributed by atoms with Gasteiger partial charge in [-0.15, -0.1) is 12.4 Å². The number of likely N-dealkylation sites (tertiary alicyclic amines) is 1. The van der Waals surface area contributed by atoms with E-state index in [-0.39, 0.29) is 24.4 Å². The van der Waals surface area contributed by atoms with E-state index in [0.717, 1.165) is 24.0 Å². The fourth-order valence-corrected chi connectivity index (χ4v) is 2.72. The minimum absolute atomic E-state index is 0. The van der Waals surface area contributed by atoms with Crippen molar-refractivity contribution in [2.24, 2.45) is 11.7 Å². The first-order valence-corrected chi connectivity index (χ1v) is 7.28. The molecule has 1 aromatic carbocycles. The van der Waals surface area contributed by atoms with Crippen LogP contribution in [-0.2, 0) is 4.79 Å². The fourth-order valence-electron chi connectivity index (χ4n) is 2.72. The molecule has 0 spiro atoms. The Morgan fingerprint density at radius 1 is 1.29 bits per heavy atom. The lowest BCUT2D eigenvalue weighted by atomic mass is 9.91. The smallest absolute Gasteiger partial charge is 0.244 e. The second-order valence-corrected chi connectivity index (χ2v) is 5.79. The van der Waals surface area contributed by atoms with E-state index in [2.05, 4.69) is 0 Å². The number of hydrogen-bond acceptors (Lipinski definition) is 3. The molecule has 5 heteroatoms. The summed E-state index contributed by atoms with van der Waals surface area (Å²) in [5.74, 6) is 0.285. The number of nitrogens with zero attached hydrogens (tertiary/aromatic N) is 1. The van der Waals surface area contributed by atoms with Gasteiger partial charge >= 0.3 is 0 Å². The maximum Gasteiger partial charge on any atom is 0.244 e. The normalized spacial score (nSPS) is 18.8. The number of amides is 1. The Hall–Kier alpha value is -1.10. The first-order valence-electron chi connectivity index (χ1n) is 7.28. The predicted molar refractivity (Wildman–Crippen MR) is 86.3 cm³/mol. The second kappa shape index (κ2) is 7.78. The molecule has 0 bridgehead atoms. The molecule has 1 aromatic rings. The molecule has 1 fully saturated rings. The van der Waals surface area contributed by atoms with Gasteiger partial charge in [-0.3, -0.25) is 4.79 Å². The van der Waals surface area contributed by atoms with Crippen molar-refractivity contribution in [3.05, 3.63) is 35.4 Å². The SMILES string of the molecule is Cc1ccc(C(N)C(=O)N2CCC(C(C)O)CC2)cc1.Cl. The summed E-state index contributed by atoms with van der Waals surface area (Å²) in [6.45, 7) is 5.21. The molecule has 2 rings (SSSR count). The molecule has 1 saturated heterocycles. The topological polar surface area (TPSA) is 66.6 Å². The molecule has 0 saturated carbocycles. The number of benzene rings is 1. The number of aliphatic hydroxyl groups is 1. The van der Waals surface area contributed by atoms with Gasteiger partial charge in [0.25, 0.3) is 0 Å². The highest BCUT2D eigenvalue weighted by Crippen LogP contribution is 2.23. The number of aryl methyl sites for hydroxylation is 1. The zero-order valence-corrected chi connectivity index (χ0v) is 13.5. The summed E-state index contributed by atoms with van der Waals surface area (Å²) in [7, 11) is 0. The number of rotatable bonds is 3. The van der Waals surface area contributed by atoms with Crippen LogP contribution in [0.15, 0.2) is 24.3 Å². The molecule has 1 aliphatic heterocycles. The summed E-state index contributed by atoms with van der Waals surface area (Å²) in [6, 6.07) is 7.20. The average Bonchev–Trinajstić information content (AvgIpc) is 2.46. The zero-order valence-electron chi connectivity index (χ0n) is 12.7. The molecule has 1 aliphatic rings. The molecule has 0 aromatic heterocycles. The lowest BCUT2D eigenvalue weighted by Crippen LogP contribution is -2.44. The Balaban J connectivity index is 0.00000220. The number of nitrogens with two attached hydrogens (primary N) is 1. The lowest BCUT2D eigenvalue weighted by Gasteiger charge is -2.34. The fraction of sp³-hybridized carbons (Fsp3) is 0.562. The summed E-state index contributed by atoms with van der Waals surface area (Å²) < 4.78 is 0. The molecule has 0 radical (unpaired) electrons. The van der Waals surface area contributed by atoms with Gasteiger partial charge in [0.2, 0.25) is 5.91 Å². The van der Waals surface area contributed by atoms with E-state index in [1.165, 1.54) is 0 Å². The van der Waals surface area contributed by atoms with Crippen LogP contribution >= 0.6 is 12.4 Å². The first kappa shape index (κ1) is 18.0. The van der Waals surface area contributed by atoms with Gasteiger partial charge in [-0.25, -0.2) is 0 Å². The highest BCUT2D eigenvalue weighted by Gasteiger charge is 2.28. The van der Waals surface area contributed by atoms with E-state index in [1.54, 1.807) is 0 Å². The van der Waals surface area contributed by atoms with Gasteiger partial charge in [-0.05, 0) is 38.2 Å². The molecule has 2 unspecified atom stereocenters. The summed E-state index contributed by atoms with van der Waals surface area (Å²) in [5.41, 5.74) is 8.09. The molecule has 118 valence electrons. The lowest BCUT2D eigenvalue weighted by molar-refractivity contribution is -0.134. The molecule has 3 N–H and O–H groups in total. The predicted octanol–water partition coefficient (Wildman–Crippen LogP) is 2.04. The highest BCUT2D eigenvalue weighted by molar-refractivity contribution is 5.85. The van der Waals surface area contributed by atoms with E-state index in [1.807, 2.05) is 43.0 Å². The summed E-state index contributed by atoms with van der Waals surface area (Å²) in [5, 5.41) is 9.59. The van der Waals surface area contributed by atoms with Gasteiger partial charge in [0.15, 0.2) is 0 Å². The van der Waals surface area contributed by atoms with Crippen LogP contribution in [-0.4, -0.2) is 35.1 Å². The molecule has 21 heavy (non-hydrogen) atoms. The highest BCUT2D eigenvalue weighted by atomic mass is 35.5. The maximum absolute atomic E-state index is 12.4. The standard InChI is InChI=1S/C16H24N2O2.ClH/c1-11-3-5-14(6-4-11)15(17)16(20)18-9-7-13(8-10-18)12(2)19;/h3-6,12-13,15,19H,7-10,17H2,1-2H3;1H. The number of aliphatic hydroxyl groups excluding tert-OH is 1. The van der Waals surface area contributed by atoms with Crippen molar-refractivity contribution in [1.29, 1.82) is 0 Å². The number of hydrogen-bond donors (Lipinski definition) is 2. The first-order chi connectivity index (χ1) is 9.49. The summed E-state index contributed by atoms with van der Waals surface area (Å²) >= 11 is 0. The summed E-state index contributed by atoms with van der Waals surface area (Å²) in [6.07, 6.45) is 1.41. The largest absolute Gasteiger partial charge is 0.393 e. The second-order valence-electron chi connectivity index (χ2n) is 5.79. The number of carbonyl (C=O) groups excluding carboxylic acids is 1. The van der Waals surface area contributed by atoms with Crippen molar-refractivity contribution in [3.63, 3.8) is 0 Å². The molecular formula is C16H25ClN2O2. The Kier molecular flexibility index (Phi) is 6.65. The average molecular weight is 313 g/mol. The van der Waals surface area contributed by atoms with Crippen LogP contribution in [0.3, 0.4) is 0 Å². The third-order valence-electron chi connectivity index (χ3n) is 4.24. The van der Waals surface area contributed by atoms with E-state index in [4.69, 9.17) is 5.73 Å². The molecular weight excluding hydrogens is 288 g/mol. The van der Waals surface area contributed by atoms with Crippen molar-refractivity contribution in [3.8, 4) is 0 Å². The number of halogens is 1. The van der Waals surface area contributed by atoms with Crippen LogP contribution in [0, 0.1) is 12.8 Å². The van der Waals surface area contributed by atoms with Crippen LogP contribution in [0.2, 0.25) is 0 Å². The Labute approximate surface area is 132 Å². The van der Waals surface area contributed by atoms with Crippen LogP contribution < -0.4 is 5.73 Å². The van der Waals surface area contributed by atoms with Gasteiger partial charge in [0.1, 0.15) is 6.04 Å². The van der Waals surface area contributed by atoms with Crippen molar-refractivity contribution >= 4 is 18.3 Å². The van der Waals surface area contributed by atoms with Crippen molar-refractivity contribution < 1.29 is 9.90 Å². The van der Waals surface area contributed by atoms with Gasteiger partial charge in [-0.1, -0.05) is 29.8 Å². The molecule has 1 amide bonds. The van der Waals surface area contributed by atoms with Gasteiger partial charge in [0, 0.05) is 13.1 Å². The Morgan fingerprint density at radius 2 is 1.81 bits per heavy atom. The van der Waals surface area contributed by atoms with Gasteiger partial charge in [-0.2, -0.15) is 0 Å². The maximum atomic E-state index is 12.4. The van der Waals surface area contributed by atoms with Crippen LogP contribution in [0.4, 0.5) is 0 Å². The van der Waals surface area contributed by atoms with Crippen molar-refractivity contribution in [2.45, 2.75) is 38.8 Å². The minimum Gasteiger partial charge on any atom is -0.393 e. The van der Waals surface area contributed by atoms with Crippen LogP contribution in [0.1, 0.15) is 36.9 Å². The van der Waals surface area contributed by atoms with Gasteiger partial charge in [0.05, 0.1) is 6.10 Å². The molecule has 1 heterocycles. The Morgan fingerprint density at radius 3 is 2.29 bits per heavy atom. The zero-order chi connectivity index (χ0) is 14.7. The molecule has 4 nitrogen and oxygen atoms in total. The monoisotopic (exact) mass is 312 g/mol. The van der Waals surface area contributed by atoms with Crippen LogP contribution in [0.25, 0.3) is 0 Å². The summed E-state index contributed by atoms with van der Waals surface area (Å²) in [4.78, 5) is 14.2. The van der Waals surface area contributed by atoms with E-state index >= 15 is 0 Å². The van der Waals surface area contributed by atoms with Crippen molar-refractivity contribution in [1.82, 2.24) is 4.90 Å². The molecule has 2 atom stereocenters. The third kappa shape index (κ3) is 4.43.